The Morgan fingerprint density at radius 2 is 2.18 bits per heavy atom. The average molecular weight is 373 g/mol. The summed E-state index contributed by atoms with van der Waals surface area (Å²) in [6, 6.07) is 1.78. The van der Waals surface area contributed by atoms with Crippen LogP contribution in [0.15, 0.2) is 12.3 Å². The first-order valence-electron chi connectivity index (χ1n) is 7.74. The van der Waals surface area contributed by atoms with Crippen molar-refractivity contribution in [3.8, 4) is 0 Å². The van der Waals surface area contributed by atoms with E-state index >= 15 is 0 Å². The summed E-state index contributed by atoms with van der Waals surface area (Å²) in [6.07, 6.45) is 4.77. The van der Waals surface area contributed by atoms with E-state index in [1.807, 2.05) is 6.92 Å². The number of rotatable bonds is 10. The zero-order valence-corrected chi connectivity index (χ0v) is 14.9. The molecular formula is C16H25BrN2O3. The predicted octanol–water partition coefficient (Wildman–Crippen LogP) is 3.05. The van der Waals surface area contributed by atoms with E-state index in [2.05, 4.69) is 26.2 Å². The SMILES string of the molecule is CCOC(=O)CC(C)Cc1[nH]ccc1C(=O)NCCCCBr. The van der Waals surface area contributed by atoms with Crippen molar-refractivity contribution in [1.29, 1.82) is 0 Å². The number of ether oxygens (including phenoxy) is 1. The number of alkyl halides is 1. The molecule has 124 valence electrons. The van der Waals surface area contributed by atoms with Crippen LogP contribution in [0.4, 0.5) is 0 Å². The van der Waals surface area contributed by atoms with Crippen molar-refractivity contribution in [2.45, 2.75) is 39.5 Å². The third kappa shape index (κ3) is 6.64. The Morgan fingerprint density at radius 1 is 1.41 bits per heavy atom. The first kappa shape index (κ1) is 18.7. The highest BCUT2D eigenvalue weighted by Crippen LogP contribution is 2.15. The van der Waals surface area contributed by atoms with Gasteiger partial charge in [0.15, 0.2) is 0 Å². The number of carbonyl (C=O) groups is 2. The normalized spacial score (nSPS) is 12.0. The molecule has 0 aliphatic rings. The van der Waals surface area contributed by atoms with Gasteiger partial charge in [0.1, 0.15) is 0 Å². The molecule has 6 heteroatoms. The maximum atomic E-state index is 12.2. The number of hydrogen-bond donors (Lipinski definition) is 2. The fourth-order valence-electron chi connectivity index (χ4n) is 2.23. The van der Waals surface area contributed by atoms with Crippen LogP contribution in [0.1, 0.15) is 49.2 Å². The monoisotopic (exact) mass is 372 g/mol. The van der Waals surface area contributed by atoms with Crippen LogP contribution in [0.5, 0.6) is 0 Å². The van der Waals surface area contributed by atoms with E-state index in [4.69, 9.17) is 4.74 Å². The summed E-state index contributed by atoms with van der Waals surface area (Å²) in [5.41, 5.74) is 1.53. The number of esters is 1. The molecule has 0 saturated carbocycles. The Morgan fingerprint density at radius 3 is 2.86 bits per heavy atom. The van der Waals surface area contributed by atoms with Gasteiger partial charge >= 0.3 is 5.97 Å². The molecule has 1 amide bonds. The maximum Gasteiger partial charge on any atom is 0.306 e. The fraction of sp³-hybridized carbons (Fsp3) is 0.625. The molecule has 5 nitrogen and oxygen atoms in total. The third-order valence-corrected chi connectivity index (χ3v) is 3.86. The van der Waals surface area contributed by atoms with Crippen LogP contribution in [-0.4, -0.2) is 35.3 Å². The third-order valence-electron chi connectivity index (χ3n) is 3.30. The molecule has 0 aliphatic heterocycles. The maximum absolute atomic E-state index is 12.2. The summed E-state index contributed by atoms with van der Waals surface area (Å²) >= 11 is 3.37. The van der Waals surface area contributed by atoms with Gasteiger partial charge in [0.25, 0.3) is 5.91 Å². The molecule has 0 saturated heterocycles. The molecular weight excluding hydrogens is 348 g/mol. The van der Waals surface area contributed by atoms with Gasteiger partial charge in [0, 0.05) is 30.2 Å². The van der Waals surface area contributed by atoms with E-state index in [0.717, 1.165) is 23.9 Å². The highest BCUT2D eigenvalue weighted by atomic mass is 79.9. The van der Waals surface area contributed by atoms with Crippen molar-refractivity contribution in [3.05, 3.63) is 23.5 Å². The van der Waals surface area contributed by atoms with Crippen molar-refractivity contribution in [2.75, 3.05) is 18.5 Å². The number of hydrogen-bond acceptors (Lipinski definition) is 3. The zero-order chi connectivity index (χ0) is 16.4. The lowest BCUT2D eigenvalue weighted by atomic mass is 9.99. The lowest BCUT2D eigenvalue weighted by Crippen LogP contribution is -2.25. The quantitative estimate of drug-likeness (QED) is 0.376. The van der Waals surface area contributed by atoms with Crippen LogP contribution in [0.25, 0.3) is 0 Å². The molecule has 22 heavy (non-hydrogen) atoms. The van der Waals surface area contributed by atoms with Crippen LogP contribution in [-0.2, 0) is 16.0 Å². The van der Waals surface area contributed by atoms with E-state index in [1.54, 1.807) is 19.2 Å². The Hall–Kier alpha value is -1.30. The predicted molar refractivity (Wildman–Crippen MR) is 90.3 cm³/mol. The minimum Gasteiger partial charge on any atom is -0.466 e. The van der Waals surface area contributed by atoms with E-state index in [9.17, 15) is 9.59 Å². The smallest absolute Gasteiger partial charge is 0.306 e. The van der Waals surface area contributed by atoms with Crippen molar-refractivity contribution in [1.82, 2.24) is 10.3 Å². The molecule has 0 aromatic carbocycles. The molecule has 1 rings (SSSR count). The largest absolute Gasteiger partial charge is 0.466 e. The second-order valence-corrected chi connectivity index (χ2v) is 6.13. The fourth-order valence-corrected chi connectivity index (χ4v) is 2.62. The molecule has 2 N–H and O–H groups in total. The topological polar surface area (TPSA) is 71.2 Å². The number of unbranched alkanes of at least 4 members (excludes halogenated alkanes) is 1. The Labute approximate surface area is 140 Å². The number of nitrogens with one attached hydrogen (secondary N) is 2. The molecule has 1 atom stereocenters. The Bertz CT molecular complexity index is 474. The molecule has 1 aromatic rings. The minimum absolute atomic E-state index is 0.0610. The molecule has 0 radical (unpaired) electrons. The molecule has 0 aliphatic carbocycles. The molecule has 0 fully saturated rings. The molecule has 0 spiro atoms. The number of halogens is 1. The van der Waals surface area contributed by atoms with Gasteiger partial charge in [-0.05, 0) is 38.2 Å². The van der Waals surface area contributed by atoms with Crippen molar-refractivity contribution in [3.63, 3.8) is 0 Å². The number of H-pyrrole nitrogens is 1. The zero-order valence-electron chi connectivity index (χ0n) is 13.3. The summed E-state index contributed by atoms with van der Waals surface area (Å²) < 4.78 is 4.95. The lowest BCUT2D eigenvalue weighted by Gasteiger charge is -2.11. The summed E-state index contributed by atoms with van der Waals surface area (Å²) in [6.45, 7) is 4.85. The number of amides is 1. The molecule has 1 heterocycles. The second kappa shape index (κ2) is 10.4. The standard InChI is InChI=1S/C16H25BrN2O3/c1-3-22-15(20)11-12(2)10-14-13(6-9-18-14)16(21)19-8-5-4-7-17/h6,9,12,18H,3-5,7-8,10-11H2,1-2H3,(H,19,21). The molecule has 1 aromatic heterocycles. The van der Waals surface area contributed by atoms with Gasteiger partial charge in [-0.3, -0.25) is 9.59 Å². The average Bonchev–Trinajstić information content (AvgIpc) is 2.91. The molecule has 1 unspecified atom stereocenters. The lowest BCUT2D eigenvalue weighted by molar-refractivity contribution is -0.144. The van der Waals surface area contributed by atoms with Gasteiger partial charge in [-0.1, -0.05) is 22.9 Å². The minimum atomic E-state index is -0.192. The van der Waals surface area contributed by atoms with Crippen LogP contribution in [0.2, 0.25) is 0 Å². The van der Waals surface area contributed by atoms with Crippen molar-refractivity contribution >= 4 is 27.8 Å². The summed E-state index contributed by atoms with van der Waals surface area (Å²) in [4.78, 5) is 26.8. The number of aromatic nitrogens is 1. The second-order valence-electron chi connectivity index (χ2n) is 5.34. The highest BCUT2D eigenvalue weighted by Gasteiger charge is 2.16. The summed E-state index contributed by atoms with van der Waals surface area (Å²) in [5, 5.41) is 3.87. The Kier molecular flexibility index (Phi) is 8.89. The van der Waals surface area contributed by atoms with Gasteiger partial charge in [-0.25, -0.2) is 0 Å². The first-order valence-corrected chi connectivity index (χ1v) is 8.86. The highest BCUT2D eigenvalue weighted by molar-refractivity contribution is 9.09. The number of carbonyl (C=O) groups excluding carboxylic acids is 2. The molecule has 0 bridgehead atoms. The first-order chi connectivity index (χ1) is 10.6. The van der Waals surface area contributed by atoms with Crippen molar-refractivity contribution < 1.29 is 14.3 Å². The number of aromatic amines is 1. The van der Waals surface area contributed by atoms with E-state index in [0.29, 0.717) is 31.6 Å². The van der Waals surface area contributed by atoms with Gasteiger partial charge in [0.05, 0.1) is 12.2 Å². The van der Waals surface area contributed by atoms with E-state index < -0.39 is 0 Å². The van der Waals surface area contributed by atoms with Crippen LogP contribution in [0, 0.1) is 5.92 Å². The van der Waals surface area contributed by atoms with E-state index in [-0.39, 0.29) is 17.8 Å². The van der Waals surface area contributed by atoms with Gasteiger partial charge in [0.2, 0.25) is 0 Å². The van der Waals surface area contributed by atoms with E-state index in [1.165, 1.54) is 0 Å². The summed E-state index contributed by atoms with van der Waals surface area (Å²) in [5.74, 6) is -0.130. The van der Waals surface area contributed by atoms with Crippen LogP contribution >= 0.6 is 15.9 Å². The van der Waals surface area contributed by atoms with Crippen LogP contribution < -0.4 is 5.32 Å². The summed E-state index contributed by atoms with van der Waals surface area (Å²) in [7, 11) is 0. The Balaban J connectivity index is 2.50. The van der Waals surface area contributed by atoms with Crippen molar-refractivity contribution in [2.24, 2.45) is 5.92 Å². The van der Waals surface area contributed by atoms with Gasteiger partial charge < -0.3 is 15.0 Å². The van der Waals surface area contributed by atoms with Gasteiger partial charge in [-0.15, -0.1) is 0 Å². The van der Waals surface area contributed by atoms with Crippen LogP contribution in [0.3, 0.4) is 0 Å². The van der Waals surface area contributed by atoms with Gasteiger partial charge in [-0.2, -0.15) is 0 Å².